The monoisotopic (exact) mass is 1480 g/mol. The van der Waals surface area contributed by atoms with Crippen molar-refractivity contribution in [3.05, 3.63) is 36.5 Å². The van der Waals surface area contributed by atoms with Gasteiger partial charge in [0.2, 0.25) is 0 Å². The van der Waals surface area contributed by atoms with Crippen molar-refractivity contribution in [1.82, 2.24) is 0 Å². The molecule has 0 aromatic heterocycles. The van der Waals surface area contributed by atoms with Crippen molar-refractivity contribution >= 4 is 17.9 Å². The molecule has 0 fully saturated rings. The molecule has 105 heavy (non-hydrogen) atoms. The van der Waals surface area contributed by atoms with Crippen LogP contribution in [0.4, 0.5) is 0 Å². The van der Waals surface area contributed by atoms with E-state index in [1.165, 1.54) is 430 Å². The van der Waals surface area contributed by atoms with E-state index in [1.807, 2.05) is 21.1 Å². The first kappa shape index (κ1) is 103. The second-order valence-corrected chi connectivity index (χ2v) is 33.7. The Bertz CT molecular complexity index is 1820. The normalized spacial score (nSPS) is 12.7. The van der Waals surface area contributed by atoms with Crippen molar-refractivity contribution in [3.63, 3.8) is 0 Å². The predicted octanol–water partition coefficient (Wildman–Crippen LogP) is 30.9. The van der Waals surface area contributed by atoms with Gasteiger partial charge >= 0.3 is 17.9 Å². The minimum atomic E-state index is -1.51. The summed E-state index contributed by atoms with van der Waals surface area (Å²) >= 11 is 0. The van der Waals surface area contributed by atoms with Gasteiger partial charge in [0.05, 0.1) is 34.4 Å². The molecule has 0 aromatic rings. The fourth-order valence-electron chi connectivity index (χ4n) is 14.7. The largest absolute Gasteiger partial charge is 0.477 e. The molecule has 0 saturated carbocycles. The van der Waals surface area contributed by atoms with Gasteiger partial charge in [-0.2, -0.15) is 0 Å². The van der Waals surface area contributed by atoms with E-state index >= 15 is 0 Å². The van der Waals surface area contributed by atoms with Crippen LogP contribution in [0.5, 0.6) is 0 Å². The van der Waals surface area contributed by atoms with E-state index < -0.39 is 18.4 Å². The molecule has 0 saturated heterocycles. The Morgan fingerprint density at radius 3 is 0.762 bits per heavy atom. The highest BCUT2D eigenvalue weighted by Crippen LogP contribution is 2.22. The smallest absolute Gasteiger partial charge is 0.361 e. The number of carbonyl (C=O) groups excluding carboxylic acids is 2. The summed E-state index contributed by atoms with van der Waals surface area (Å²) in [5.74, 6) is -1.96. The molecule has 620 valence electrons. The second kappa shape index (κ2) is 87.1. The van der Waals surface area contributed by atoms with Crippen molar-refractivity contribution in [2.45, 2.75) is 514 Å². The van der Waals surface area contributed by atoms with Gasteiger partial charge in [-0.1, -0.05) is 455 Å². The Kier molecular flexibility index (Phi) is 85.0. The van der Waals surface area contributed by atoms with E-state index in [-0.39, 0.29) is 38.2 Å². The van der Waals surface area contributed by atoms with Crippen LogP contribution in [0.3, 0.4) is 0 Å². The second-order valence-electron chi connectivity index (χ2n) is 33.7. The zero-order chi connectivity index (χ0) is 76.0. The van der Waals surface area contributed by atoms with Crippen LogP contribution in [-0.4, -0.2) is 87.4 Å². The Morgan fingerprint density at radius 1 is 0.286 bits per heavy atom. The van der Waals surface area contributed by atoms with Gasteiger partial charge in [-0.05, 0) is 70.6 Å². The fourth-order valence-corrected chi connectivity index (χ4v) is 14.7. The number of rotatable bonds is 90. The highest BCUT2D eigenvalue weighted by molar-refractivity contribution is 5.71. The average molecular weight is 1480 g/mol. The lowest BCUT2D eigenvalue weighted by atomic mass is 10.0. The van der Waals surface area contributed by atoms with Gasteiger partial charge in [0.25, 0.3) is 6.29 Å². The number of allylic oxidation sites excluding steroid dienone is 6. The number of esters is 2. The van der Waals surface area contributed by atoms with Crippen molar-refractivity contribution in [2.24, 2.45) is 0 Å². The first-order chi connectivity index (χ1) is 51.6. The molecule has 0 bridgehead atoms. The van der Waals surface area contributed by atoms with E-state index in [1.54, 1.807) is 0 Å². The van der Waals surface area contributed by atoms with Crippen LogP contribution in [0.2, 0.25) is 0 Å². The summed E-state index contributed by atoms with van der Waals surface area (Å²) in [6.45, 7) is 4.96. The fraction of sp³-hybridized carbons (Fsp3) is 0.906. The van der Waals surface area contributed by atoms with E-state index in [9.17, 15) is 19.5 Å². The summed E-state index contributed by atoms with van der Waals surface area (Å²) in [6.07, 6.45) is 112. The highest BCUT2D eigenvalue weighted by atomic mass is 16.7. The Morgan fingerprint density at radius 2 is 0.514 bits per heavy atom. The van der Waals surface area contributed by atoms with E-state index in [4.69, 9.17) is 18.9 Å². The molecule has 0 rings (SSSR count). The molecule has 0 heterocycles. The first-order valence-electron chi connectivity index (χ1n) is 47.2. The third-order valence-corrected chi connectivity index (χ3v) is 21.9. The van der Waals surface area contributed by atoms with Crippen molar-refractivity contribution in [1.29, 1.82) is 0 Å². The number of hydrogen-bond acceptors (Lipinski definition) is 7. The summed E-state index contributed by atoms with van der Waals surface area (Å²) in [7, 11) is 6.01. The number of carbonyl (C=O) groups is 3. The molecule has 9 nitrogen and oxygen atoms in total. The standard InChI is InChI=1S/C96H183NO8/c1-6-8-10-12-14-16-18-20-22-24-26-28-30-32-34-36-38-40-42-44-46-47-49-50-52-54-56-58-60-62-64-66-68-70-72-74-76-78-80-82-84-86-93(98)103-90-92(91-104-96(95(100)101)102-89-88-97(3,4)5)105-94(99)87-85-83-81-79-77-75-73-71-69-67-65-63-61-59-57-55-53-51-48-45-43-41-39-37-35-33-31-29-27-25-23-21-19-17-15-13-11-9-7-2/h19,21,24-27,92,96H,6-18,20,22-23,28-91H2,1-5H3/p+1/b21-19-,26-24-,27-25-. The lowest BCUT2D eigenvalue weighted by Gasteiger charge is -2.25. The number of nitrogens with zero attached hydrogens (tertiary/aromatic N) is 1. The van der Waals surface area contributed by atoms with Gasteiger partial charge < -0.3 is 28.5 Å². The lowest BCUT2D eigenvalue weighted by Crippen LogP contribution is -2.40. The summed E-state index contributed by atoms with van der Waals surface area (Å²) in [4.78, 5) is 37.9. The number of carboxylic acids is 1. The van der Waals surface area contributed by atoms with Crippen molar-refractivity contribution in [3.8, 4) is 0 Å². The molecular weight excluding hydrogens is 1300 g/mol. The third-order valence-electron chi connectivity index (χ3n) is 21.9. The number of ether oxygens (including phenoxy) is 4. The topological polar surface area (TPSA) is 108 Å². The third kappa shape index (κ3) is 88.6. The number of quaternary nitrogens is 1. The number of aliphatic carboxylic acids is 1. The summed E-state index contributed by atoms with van der Waals surface area (Å²) in [6, 6.07) is 0. The first-order valence-corrected chi connectivity index (χ1v) is 47.2. The van der Waals surface area contributed by atoms with Crippen molar-refractivity contribution in [2.75, 3.05) is 47.5 Å². The number of likely N-dealkylation sites (N-methyl/N-ethyl adjacent to an activating group) is 1. The molecule has 0 aromatic carbocycles. The van der Waals surface area contributed by atoms with Crippen molar-refractivity contribution < 1.29 is 42.9 Å². The molecule has 2 atom stereocenters. The van der Waals surface area contributed by atoms with Gasteiger partial charge in [0.15, 0.2) is 6.10 Å². The summed E-state index contributed by atoms with van der Waals surface area (Å²) in [5, 5.41) is 9.80. The molecule has 2 unspecified atom stereocenters. The van der Waals surface area contributed by atoms with E-state index in [0.717, 1.165) is 44.9 Å². The molecular formula is C96H184NO8+. The SMILES string of the molecule is CCCCCCC/C=C\C/C=C\CCCCCCCCCCCCCCCCCCCCCCCCCCCCCC(=O)OC(COC(=O)CCCCCCCCCCCCCCCCCCCCCCCCCCCCCCC/C=C\CCCCCCCCCC)COC(OCC[N+](C)(C)C)C(=O)O. The maximum Gasteiger partial charge on any atom is 0.361 e. The Hall–Kier alpha value is -2.49. The molecule has 0 radical (unpaired) electrons. The van der Waals surface area contributed by atoms with Crippen LogP contribution in [0.1, 0.15) is 502 Å². The van der Waals surface area contributed by atoms with Gasteiger partial charge in [-0.3, -0.25) is 9.59 Å². The van der Waals surface area contributed by atoms with Crippen LogP contribution < -0.4 is 0 Å². The minimum Gasteiger partial charge on any atom is -0.477 e. The molecule has 0 spiro atoms. The quantitative estimate of drug-likeness (QED) is 0.0211. The minimum absolute atomic E-state index is 0.174. The lowest BCUT2D eigenvalue weighted by molar-refractivity contribution is -0.870. The van der Waals surface area contributed by atoms with E-state index in [2.05, 4.69) is 50.3 Å². The zero-order valence-corrected chi connectivity index (χ0v) is 71.4. The summed E-state index contributed by atoms with van der Waals surface area (Å²) in [5.41, 5.74) is 0. The van der Waals surface area contributed by atoms with Crippen LogP contribution in [0.15, 0.2) is 36.5 Å². The number of carboxylic acid groups (broad SMARTS) is 1. The average Bonchev–Trinajstić information content (AvgIpc) is 1.97. The molecule has 1 N–H and O–H groups in total. The van der Waals surface area contributed by atoms with E-state index in [0.29, 0.717) is 17.4 Å². The molecule has 9 heteroatoms. The van der Waals surface area contributed by atoms with Crippen LogP contribution in [0, 0.1) is 0 Å². The van der Waals surface area contributed by atoms with Crippen LogP contribution in [-0.2, 0) is 33.3 Å². The maximum absolute atomic E-state index is 13.0. The van der Waals surface area contributed by atoms with Crippen LogP contribution >= 0.6 is 0 Å². The Balaban J connectivity index is 3.86. The molecule has 0 aliphatic heterocycles. The Labute approximate surface area is 655 Å². The highest BCUT2D eigenvalue weighted by Gasteiger charge is 2.25. The molecule has 0 aliphatic carbocycles. The van der Waals surface area contributed by atoms with Gasteiger partial charge in [-0.15, -0.1) is 0 Å². The van der Waals surface area contributed by atoms with Gasteiger partial charge in [-0.25, -0.2) is 4.79 Å². The van der Waals surface area contributed by atoms with Gasteiger partial charge in [0.1, 0.15) is 13.2 Å². The number of hydrogen-bond donors (Lipinski definition) is 1. The predicted molar refractivity (Wildman–Crippen MR) is 457 cm³/mol. The molecule has 0 aliphatic rings. The molecule has 0 amide bonds. The summed E-state index contributed by atoms with van der Waals surface area (Å²) < 4.78 is 23.1. The zero-order valence-electron chi connectivity index (χ0n) is 71.4. The maximum atomic E-state index is 13.0. The van der Waals surface area contributed by atoms with Crippen LogP contribution in [0.25, 0.3) is 0 Å². The number of unbranched alkanes of at least 4 members (excludes halogenated alkanes) is 69. The van der Waals surface area contributed by atoms with Gasteiger partial charge in [0, 0.05) is 12.8 Å².